The summed E-state index contributed by atoms with van der Waals surface area (Å²) in [7, 11) is 3.47. The summed E-state index contributed by atoms with van der Waals surface area (Å²) in [4.78, 5) is 4.35. The van der Waals surface area contributed by atoms with Crippen LogP contribution in [0.15, 0.2) is 47.5 Å². The lowest BCUT2D eigenvalue weighted by atomic mass is 9.73. The first kappa shape index (κ1) is 25.4. The van der Waals surface area contributed by atoms with Gasteiger partial charge in [-0.15, -0.1) is 24.0 Å². The molecule has 0 saturated carbocycles. The topological polar surface area (TPSA) is 54.9 Å². The van der Waals surface area contributed by atoms with Crippen molar-refractivity contribution in [3.8, 4) is 5.75 Å². The molecule has 0 radical (unpaired) electrons. The predicted molar refractivity (Wildman–Crippen MR) is 134 cm³/mol. The monoisotopic (exact) mass is 541 g/mol. The Morgan fingerprint density at radius 2 is 1.90 bits per heavy atom. The average molecular weight is 541 g/mol. The van der Waals surface area contributed by atoms with E-state index in [1.54, 1.807) is 20.2 Å². The number of hydrogen-bond acceptors (Lipinski definition) is 3. The molecule has 1 aliphatic heterocycles. The van der Waals surface area contributed by atoms with Crippen molar-refractivity contribution in [2.45, 2.75) is 31.6 Å². The van der Waals surface area contributed by atoms with Crippen molar-refractivity contribution in [2.24, 2.45) is 4.99 Å². The van der Waals surface area contributed by atoms with Crippen molar-refractivity contribution in [3.05, 3.63) is 65.0 Å². The summed E-state index contributed by atoms with van der Waals surface area (Å²) >= 11 is 0. The molecule has 170 valence electrons. The van der Waals surface area contributed by atoms with Crippen molar-refractivity contribution < 1.29 is 13.9 Å². The Labute approximate surface area is 201 Å². The van der Waals surface area contributed by atoms with E-state index >= 15 is 0 Å². The van der Waals surface area contributed by atoms with Gasteiger partial charge in [0.15, 0.2) is 5.96 Å². The third-order valence-electron chi connectivity index (χ3n) is 5.84. The van der Waals surface area contributed by atoms with Gasteiger partial charge in [0.2, 0.25) is 0 Å². The minimum Gasteiger partial charge on any atom is -0.496 e. The zero-order valence-electron chi connectivity index (χ0n) is 18.5. The molecule has 0 amide bonds. The maximum absolute atomic E-state index is 13.8. The van der Waals surface area contributed by atoms with Crippen LogP contribution in [0.5, 0.6) is 5.75 Å². The van der Waals surface area contributed by atoms with Crippen molar-refractivity contribution >= 4 is 29.9 Å². The largest absolute Gasteiger partial charge is 0.496 e. The number of ether oxygens (including phenoxy) is 2. The second-order valence-electron chi connectivity index (χ2n) is 7.79. The fourth-order valence-corrected chi connectivity index (χ4v) is 4.03. The molecular weight excluding hydrogens is 508 g/mol. The van der Waals surface area contributed by atoms with Gasteiger partial charge in [-0.2, -0.15) is 0 Å². The molecule has 1 saturated heterocycles. The Hall–Kier alpha value is -1.87. The van der Waals surface area contributed by atoms with Gasteiger partial charge in [0.05, 0.1) is 7.11 Å². The van der Waals surface area contributed by atoms with Gasteiger partial charge < -0.3 is 20.1 Å². The molecule has 1 heterocycles. The molecule has 0 bridgehead atoms. The maximum atomic E-state index is 13.8. The molecular formula is C24H33FIN3O2. The van der Waals surface area contributed by atoms with E-state index < -0.39 is 0 Å². The van der Waals surface area contributed by atoms with Gasteiger partial charge in [0.25, 0.3) is 0 Å². The number of halogens is 2. The fraction of sp³-hybridized carbons (Fsp3) is 0.458. The van der Waals surface area contributed by atoms with E-state index in [1.807, 2.05) is 18.2 Å². The number of aliphatic imine (C=N–C) groups is 1. The van der Waals surface area contributed by atoms with Crippen molar-refractivity contribution in [1.29, 1.82) is 0 Å². The van der Waals surface area contributed by atoms with E-state index in [0.717, 1.165) is 38.3 Å². The Bertz CT molecular complexity index is 870. The van der Waals surface area contributed by atoms with Crippen LogP contribution < -0.4 is 15.4 Å². The molecule has 2 N–H and O–H groups in total. The van der Waals surface area contributed by atoms with E-state index in [0.29, 0.717) is 24.5 Å². The molecule has 31 heavy (non-hydrogen) atoms. The van der Waals surface area contributed by atoms with Crippen LogP contribution in [-0.4, -0.2) is 46.4 Å². The van der Waals surface area contributed by atoms with Crippen LogP contribution in [0.25, 0.3) is 0 Å². The normalized spacial score (nSPS) is 15.7. The van der Waals surface area contributed by atoms with Crippen LogP contribution in [0.4, 0.5) is 4.39 Å². The van der Waals surface area contributed by atoms with Crippen LogP contribution in [0.2, 0.25) is 0 Å². The highest BCUT2D eigenvalue weighted by atomic mass is 127. The van der Waals surface area contributed by atoms with Crippen molar-refractivity contribution in [1.82, 2.24) is 10.6 Å². The van der Waals surface area contributed by atoms with Gasteiger partial charge in [0, 0.05) is 44.3 Å². The zero-order chi connectivity index (χ0) is 21.4. The molecule has 2 aromatic rings. The maximum Gasteiger partial charge on any atom is 0.191 e. The second kappa shape index (κ2) is 12.2. The van der Waals surface area contributed by atoms with Crippen molar-refractivity contribution in [3.63, 3.8) is 0 Å². The number of nitrogens with zero attached hydrogens (tertiary/aromatic N) is 1. The van der Waals surface area contributed by atoms with Gasteiger partial charge in [0.1, 0.15) is 11.6 Å². The molecule has 5 nitrogen and oxygen atoms in total. The number of methoxy groups -OCH3 is 1. The lowest BCUT2D eigenvalue weighted by molar-refractivity contribution is 0.0505. The number of aryl methyl sites for hydroxylation is 1. The quantitative estimate of drug-likeness (QED) is 0.313. The fourth-order valence-electron chi connectivity index (χ4n) is 4.03. The van der Waals surface area contributed by atoms with Gasteiger partial charge in [-0.3, -0.25) is 4.99 Å². The van der Waals surface area contributed by atoms with E-state index in [9.17, 15) is 4.39 Å². The smallest absolute Gasteiger partial charge is 0.191 e. The highest BCUT2D eigenvalue weighted by Gasteiger charge is 2.37. The first-order valence-electron chi connectivity index (χ1n) is 10.5. The Balaban J connectivity index is 0.00000341. The van der Waals surface area contributed by atoms with E-state index in [1.165, 1.54) is 17.2 Å². The lowest BCUT2D eigenvalue weighted by Crippen LogP contribution is -2.48. The highest BCUT2D eigenvalue weighted by Crippen LogP contribution is 2.40. The molecule has 0 atom stereocenters. The molecule has 1 aliphatic rings. The lowest BCUT2D eigenvalue weighted by Gasteiger charge is -2.39. The SMILES string of the molecule is CN=C(NCCc1ccccc1F)NCC1(c2cc(C)ccc2OC)CCOCC1.I. The molecule has 0 aliphatic carbocycles. The Kier molecular flexibility index (Phi) is 10.0. The first-order chi connectivity index (χ1) is 14.6. The van der Waals surface area contributed by atoms with E-state index in [2.05, 4.69) is 34.7 Å². The van der Waals surface area contributed by atoms with Gasteiger partial charge in [-0.1, -0.05) is 35.9 Å². The molecule has 0 unspecified atom stereocenters. The van der Waals surface area contributed by atoms with Gasteiger partial charge in [-0.05, 0) is 43.9 Å². The first-order valence-corrected chi connectivity index (χ1v) is 10.5. The standard InChI is InChI=1S/C24H32FN3O2.HI/c1-18-8-9-22(29-3)20(16-18)24(11-14-30-15-12-24)17-28-23(26-2)27-13-10-19-6-4-5-7-21(19)25;/h4-9,16H,10-15,17H2,1-3H3,(H2,26,27,28);1H. The van der Waals surface area contributed by atoms with Crippen LogP contribution in [0.1, 0.15) is 29.5 Å². The summed E-state index contributed by atoms with van der Waals surface area (Å²) in [5.41, 5.74) is 3.02. The minimum absolute atomic E-state index is 0. The van der Waals surface area contributed by atoms with Crippen LogP contribution in [0.3, 0.4) is 0 Å². The highest BCUT2D eigenvalue weighted by molar-refractivity contribution is 14.0. The summed E-state index contributed by atoms with van der Waals surface area (Å²) in [5, 5.41) is 6.79. The van der Waals surface area contributed by atoms with Crippen molar-refractivity contribution in [2.75, 3.05) is 40.5 Å². The van der Waals surface area contributed by atoms with Crippen LogP contribution in [-0.2, 0) is 16.6 Å². The summed E-state index contributed by atoms with van der Waals surface area (Å²) in [6, 6.07) is 13.2. The number of nitrogens with one attached hydrogen (secondary N) is 2. The predicted octanol–water partition coefficient (Wildman–Crippen LogP) is 4.22. The Morgan fingerprint density at radius 3 is 2.58 bits per heavy atom. The minimum atomic E-state index is -0.171. The molecule has 3 rings (SSSR count). The molecule has 0 aromatic heterocycles. The number of rotatable bonds is 7. The molecule has 1 fully saturated rings. The third-order valence-corrected chi connectivity index (χ3v) is 5.84. The molecule has 0 spiro atoms. The van der Waals surface area contributed by atoms with E-state index in [-0.39, 0.29) is 35.2 Å². The summed E-state index contributed by atoms with van der Waals surface area (Å²) in [6.45, 7) is 4.86. The van der Waals surface area contributed by atoms with E-state index in [4.69, 9.17) is 9.47 Å². The second-order valence-corrected chi connectivity index (χ2v) is 7.79. The van der Waals surface area contributed by atoms with Gasteiger partial charge >= 0.3 is 0 Å². The number of benzene rings is 2. The summed E-state index contributed by atoms with van der Waals surface area (Å²) in [5.74, 6) is 1.45. The number of hydrogen-bond donors (Lipinski definition) is 2. The summed E-state index contributed by atoms with van der Waals surface area (Å²) < 4.78 is 25.2. The van der Waals surface area contributed by atoms with Gasteiger partial charge in [-0.25, -0.2) is 4.39 Å². The summed E-state index contributed by atoms with van der Waals surface area (Å²) in [6.07, 6.45) is 2.41. The zero-order valence-corrected chi connectivity index (χ0v) is 20.9. The molecule has 7 heteroatoms. The molecule has 2 aromatic carbocycles. The Morgan fingerprint density at radius 1 is 1.16 bits per heavy atom. The van der Waals surface area contributed by atoms with Crippen LogP contribution in [0, 0.1) is 12.7 Å². The average Bonchev–Trinajstić information content (AvgIpc) is 2.78. The number of guanidine groups is 1. The van der Waals surface area contributed by atoms with Crippen LogP contribution >= 0.6 is 24.0 Å². The third kappa shape index (κ3) is 6.55.